The van der Waals surface area contributed by atoms with E-state index in [4.69, 9.17) is 11.6 Å². The monoisotopic (exact) mass is 363 g/mol. The lowest BCUT2D eigenvalue weighted by Crippen LogP contribution is -2.30. The van der Waals surface area contributed by atoms with Crippen LogP contribution in [0.2, 0.25) is 5.02 Å². The summed E-state index contributed by atoms with van der Waals surface area (Å²) in [5.74, 6) is -0.00185. The van der Waals surface area contributed by atoms with Crippen molar-refractivity contribution in [2.75, 3.05) is 6.54 Å². The Labute approximate surface area is 137 Å². The van der Waals surface area contributed by atoms with Crippen molar-refractivity contribution in [3.05, 3.63) is 68.7 Å². The zero-order valence-corrected chi connectivity index (χ0v) is 13.8. The van der Waals surface area contributed by atoms with Gasteiger partial charge >= 0.3 is 0 Å². The number of hydrogen-bond donors (Lipinski definition) is 0. The molecule has 21 heavy (non-hydrogen) atoms. The molecule has 1 heterocycles. The summed E-state index contributed by atoms with van der Waals surface area (Å²) in [4.78, 5) is 14.6. The van der Waals surface area contributed by atoms with Crippen LogP contribution in [-0.2, 0) is 13.0 Å². The van der Waals surface area contributed by atoms with Crippen molar-refractivity contribution in [1.29, 1.82) is 0 Å². The quantitative estimate of drug-likeness (QED) is 0.719. The summed E-state index contributed by atoms with van der Waals surface area (Å²) >= 11 is 9.58. The van der Waals surface area contributed by atoms with Gasteiger partial charge in [0.25, 0.3) is 5.91 Å². The topological polar surface area (TPSA) is 20.3 Å². The summed E-state index contributed by atoms with van der Waals surface area (Å²) in [5, 5.41) is 0.501. The number of fused-ring (bicyclic) bond motifs is 1. The molecule has 0 fully saturated rings. The normalized spacial score (nSPS) is 14.5. The summed E-state index contributed by atoms with van der Waals surface area (Å²) in [6.45, 7) is 1.41. The van der Waals surface area contributed by atoms with Crippen LogP contribution in [0.3, 0.4) is 0 Å². The zero-order chi connectivity index (χ0) is 14.8. The van der Waals surface area contributed by atoms with Gasteiger partial charge in [-0.3, -0.25) is 4.79 Å². The summed E-state index contributed by atoms with van der Waals surface area (Å²) in [5.41, 5.74) is 3.13. The second-order valence-corrected chi connectivity index (χ2v) is 6.55. The van der Waals surface area contributed by atoms with E-state index in [1.165, 1.54) is 11.1 Å². The van der Waals surface area contributed by atoms with E-state index in [-0.39, 0.29) is 5.91 Å². The fourth-order valence-corrected chi connectivity index (χ4v) is 3.27. The number of hydrogen-bond acceptors (Lipinski definition) is 1. The van der Waals surface area contributed by atoms with Crippen LogP contribution in [0.25, 0.3) is 0 Å². The molecular formula is C17H15BrClNO. The lowest BCUT2D eigenvalue weighted by atomic mass is 10.0. The first-order chi connectivity index (χ1) is 10.1. The van der Waals surface area contributed by atoms with Gasteiger partial charge in [-0.15, -0.1) is 0 Å². The Kier molecular flexibility index (Phi) is 4.32. The predicted molar refractivity (Wildman–Crippen MR) is 88.7 cm³/mol. The second-order valence-electron chi connectivity index (χ2n) is 5.22. The number of halogens is 2. The molecule has 0 unspecified atom stereocenters. The Hall–Kier alpha value is -1.32. The van der Waals surface area contributed by atoms with E-state index in [0.29, 0.717) is 17.1 Å². The molecule has 0 spiro atoms. The molecule has 1 aliphatic rings. The Morgan fingerprint density at radius 1 is 1.14 bits per heavy atom. The molecule has 0 aromatic heterocycles. The minimum atomic E-state index is -0.00185. The highest BCUT2D eigenvalue weighted by atomic mass is 79.9. The predicted octanol–water partition coefficient (Wildman–Crippen LogP) is 4.69. The first kappa shape index (κ1) is 14.6. The lowest BCUT2D eigenvalue weighted by Gasteiger charge is -2.21. The van der Waals surface area contributed by atoms with E-state index in [1.54, 1.807) is 12.1 Å². The molecule has 2 nitrogen and oxygen atoms in total. The maximum absolute atomic E-state index is 12.8. The number of nitrogens with zero attached hydrogens (tertiary/aromatic N) is 1. The van der Waals surface area contributed by atoms with Crippen molar-refractivity contribution in [2.24, 2.45) is 0 Å². The van der Waals surface area contributed by atoms with Gasteiger partial charge in [-0.1, -0.05) is 51.8 Å². The van der Waals surface area contributed by atoms with Crippen LogP contribution in [0.4, 0.5) is 0 Å². The van der Waals surface area contributed by atoms with E-state index in [9.17, 15) is 4.79 Å². The molecule has 0 N–H and O–H groups in total. The Morgan fingerprint density at radius 2 is 1.90 bits per heavy atom. The van der Waals surface area contributed by atoms with Gasteiger partial charge in [-0.2, -0.15) is 0 Å². The average Bonchev–Trinajstić information content (AvgIpc) is 2.71. The third-order valence-electron chi connectivity index (χ3n) is 3.80. The van der Waals surface area contributed by atoms with Crippen LogP contribution in [0.5, 0.6) is 0 Å². The number of benzene rings is 2. The van der Waals surface area contributed by atoms with Crippen molar-refractivity contribution in [1.82, 2.24) is 4.90 Å². The number of aryl methyl sites for hydroxylation is 1. The second kappa shape index (κ2) is 6.20. The Balaban J connectivity index is 1.90. The van der Waals surface area contributed by atoms with Gasteiger partial charge in [0.2, 0.25) is 0 Å². The molecule has 108 valence electrons. The van der Waals surface area contributed by atoms with E-state index < -0.39 is 0 Å². The number of amides is 1. The van der Waals surface area contributed by atoms with Crippen LogP contribution in [0, 0.1) is 0 Å². The molecule has 0 radical (unpaired) electrons. The van der Waals surface area contributed by atoms with E-state index in [1.807, 2.05) is 17.0 Å². The summed E-state index contributed by atoms with van der Waals surface area (Å²) < 4.78 is 0.866. The first-order valence-electron chi connectivity index (χ1n) is 6.96. The van der Waals surface area contributed by atoms with Gasteiger partial charge < -0.3 is 4.90 Å². The van der Waals surface area contributed by atoms with Gasteiger partial charge in [-0.05, 0) is 42.2 Å². The van der Waals surface area contributed by atoms with E-state index in [2.05, 4.69) is 34.1 Å². The highest BCUT2D eigenvalue weighted by Crippen LogP contribution is 2.25. The van der Waals surface area contributed by atoms with Crippen molar-refractivity contribution >= 4 is 33.4 Å². The highest BCUT2D eigenvalue weighted by molar-refractivity contribution is 9.10. The molecule has 1 amide bonds. The third kappa shape index (κ3) is 3.14. The Morgan fingerprint density at radius 3 is 2.71 bits per heavy atom. The largest absolute Gasteiger partial charge is 0.334 e. The molecule has 0 saturated heterocycles. The fourth-order valence-electron chi connectivity index (χ4n) is 2.71. The Bertz CT molecular complexity index is 686. The molecule has 2 aromatic carbocycles. The van der Waals surface area contributed by atoms with Crippen molar-refractivity contribution in [3.63, 3.8) is 0 Å². The smallest absolute Gasteiger partial charge is 0.255 e. The molecule has 2 aromatic rings. The van der Waals surface area contributed by atoms with E-state index in [0.717, 1.165) is 23.9 Å². The molecule has 0 aliphatic carbocycles. The summed E-state index contributed by atoms with van der Waals surface area (Å²) in [7, 11) is 0. The van der Waals surface area contributed by atoms with Crippen LogP contribution < -0.4 is 0 Å². The highest BCUT2D eigenvalue weighted by Gasteiger charge is 2.21. The summed E-state index contributed by atoms with van der Waals surface area (Å²) in [6.07, 6.45) is 2.00. The van der Waals surface area contributed by atoms with Crippen molar-refractivity contribution in [2.45, 2.75) is 19.4 Å². The standard InChI is InChI=1S/C17H15BrClNO/c18-14-7-8-16(19)15(10-14)17(21)20-9-3-6-12-4-1-2-5-13(12)11-20/h1-2,4-5,7-8,10H,3,6,9,11H2. The van der Waals surface area contributed by atoms with Crippen LogP contribution in [0.15, 0.2) is 46.9 Å². The number of rotatable bonds is 1. The third-order valence-corrected chi connectivity index (χ3v) is 4.62. The number of carbonyl (C=O) groups is 1. The molecule has 0 atom stereocenters. The van der Waals surface area contributed by atoms with Gasteiger partial charge in [0.1, 0.15) is 0 Å². The zero-order valence-electron chi connectivity index (χ0n) is 11.5. The van der Waals surface area contributed by atoms with Crippen molar-refractivity contribution < 1.29 is 4.79 Å². The molecule has 4 heteroatoms. The molecule has 3 rings (SSSR count). The summed E-state index contributed by atoms with van der Waals surface area (Å²) in [6, 6.07) is 13.7. The maximum Gasteiger partial charge on any atom is 0.255 e. The lowest BCUT2D eigenvalue weighted by molar-refractivity contribution is 0.0746. The minimum absolute atomic E-state index is 0.00185. The van der Waals surface area contributed by atoms with Gasteiger partial charge in [0.15, 0.2) is 0 Å². The maximum atomic E-state index is 12.8. The van der Waals surface area contributed by atoms with Crippen molar-refractivity contribution in [3.8, 4) is 0 Å². The van der Waals surface area contributed by atoms with Gasteiger partial charge in [-0.25, -0.2) is 0 Å². The molecular weight excluding hydrogens is 350 g/mol. The number of carbonyl (C=O) groups excluding carboxylic acids is 1. The van der Waals surface area contributed by atoms with Gasteiger partial charge in [0.05, 0.1) is 10.6 Å². The van der Waals surface area contributed by atoms with Gasteiger partial charge in [0, 0.05) is 17.6 Å². The molecule has 1 aliphatic heterocycles. The SMILES string of the molecule is O=C(c1cc(Br)ccc1Cl)N1CCCc2ccccc2C1. The first-order valence-corrected chi connectivity index (χ1v) is 8.13. The fraction of sp³-hybridized carbons (Fsp3) is 0.235. The minimum Gasteiger partial charge on any atom is -0.334 e. The van der Waals surface area contributed by atoms with Crippen LogP contribution in [-0.4, -0.2) is 17.4 Å². The van der Waals surface area contributed by atoms with E-state index >= 15 is 0 Å². The van der Waals surface area contributed by atoms with Crippen LogP contribution in [0.1, 0.15) is 27.9 Å². The van der Waals surface area contributed by atoms with Crippen LogP contribution >= 0.6 is 27.5 Å². The molecule has 0 saturated carbocycles. The molecule has 0 bridgehead atoms. The average molecular weight is 365 g/mol.